The first-order valence-corrected chi connectivity index (χ1v) is 12.2. The first-order valence-electron chi connectivity index (χ1n) is 9.29. The van der Waals surface area contributed by atoms with Crippen LogP contribution in [-0.2, 0) is 36.3 Å². The molecule has 0 heterocycles. The Balaban J connectivity index is 0. The van der Waals surface area contributed by atoms with Crippen LogP contribution >= 0.6 is 15.6 Å². The Morgan fingerprint density at radius 1 is 0.326 bits per heavy atom. The summed E-state index contributed by atoms with van der Waals surface area (Å²) in [5, 5.41) is 0. The van der Waals surface area contributed by atoms with Gasteiger partial charge in [0.2, 0.25) is 0 Å². The smallest absolute Gasteiger partial charge is 0.277 e. The van der Waals surface area contributed by atoms with E-state index in [2.05, 4.69) is 13.6 Å². The van der Waals surface area contributed by atoms with Gasteiger partial charge in [-0.25, -0.2) is 22.7 Å². The molecule has 0 saturated heterocycles. The van der Waals surface area contributed by atoms with E-state index in [1.54, 1.807) is 13.6 Å². The van der Waals surface area contributed by atoms with Gasteiger partial charge in [0.25, 0.3) is 0 Å². The van der Waals surface area contributed by atoms with Crippen molar-refractivity contribution in [3.8, 4) is 0 Å². The molecular weight excluding hydrogens is 790 g/mol. The van der Waals surface area contributed by atoms with Crippen LogP contribution in [0.5, 0.6) is 0 Å². The van der Waals surface area contributed by atoms with Crippen molar-refractivity contribution in [1.29, 1.82) is 0 Å². The summed E-state index contributed by atoms with van der Waals surface area (Å²) in [6.45, 7) is -7.21. The Morgan fingerprint density at radius 3 is 0.630 bits per heavy atom. The Kier molecular flexibility index (Phi) is 14.8. The molecule has 280 valence electrons. The fourth-order valence-electron chi connectivity index (χ4n) is 1.20. The molecule has 0 rings (SSSR count). The number of hydrogen-bond donors (Lipinski definition) is 0. The van der Waals surface area contributed by atoms with Crippen LogP contribution < -0.4 is 0 Å². The minimum atomic E-state index is -8.28. The molecule has 0 unspecified atom stereocenters. The van der Waals surface area contributed by atoms with Crippen LogP contribution in [-0.4, -0.2) is 75.2 Å². The number of alkyl halides is 24. The summed E-state index contributed by atoms with van der Waals surface area (Å²) in [6.07, 6.45) is -58.2. The fourth-order valence-corrected chi connectivity index (χ4v) is 3.60. The third kappa shape index (κ3) is 17.6. The number of phosphoric acid groups is 2. The van der Waals surface area contributed by atoms with Crippen molar-refractivity contribution in [3.63, 3.8) is 0 Å². The minimum absolute atomic E-state index is 1.74. The highest BCUT2D eigenvalue weighted by molar-refractivity contribution is 7.48. The number of hydrogen-bond acceptors (Lipinski definition) is 8. The summed E-state index contributed by atoms with van der Waals surface area (Å²) < 4.78 is 324. The predicted molar refractivity (Wildman–Crippen MR) is 87.5 cm³/mol. The third-order valence-electron chi connectivity index (χ3n) is 2.83. The quantitative estimate of drug-likeness (QED) is 0.143. The zero-order valence-corrected chi connectivity index (χ0v) is 21.6. The maximum atomic E-state index is 12.4. The van der Waals surface area contributed by atoms with Gasteiger partial charge in [0.05, 0.1) is 0 Å². The Morgan fingerprint density at radius 2 is 0.500 bits per heavy atom. The van der Waals surface area contributed by atoms with Crippen molar-refractivity contribution in [2.75, 3.05) is 19.8 Å². The molecule has 0 fully saturated rings. The number of halogens is 24. The maximum Gasteiger partial charge on any atom is 0.489 e. The van der Waals surface area contributed by atoms with Crippen molar-refractivity contribution in [2.24, 2.45) is 0 Å². The lowest BCUT2D eigenvalue weighted by atomic mass is 10.6. The average Bonchev–Trinajstić information content (AvgIpc) is 2.70. The molecule has 0 aromatic carbocycles. The van der Waals surface area contributed by atoms with Gasteiger partial charge in [-0.2, -0.15) is 105 Å². The van der Waals surface area contributed by atoms with Gasteiger partial charge in [0, 0.05) is 0 Å². The van der Waals surface area contributed by atoms with E-state index in [1.807, 2.05) is 0 Å². The van der Waals surface area contributed by atoms with Crippen LogP contribution in [0.15, 0.2) is 0 Å². The lowest BCUT2D eigenvalue weighted by Crippen LogP contribution is -2.45. The highest BCUT2D eigenvalue weighted by atomic mass is 31.2. The Bertz CT molecular complexity index is 924. The Hall–Kier alpha value is -1.46. The monoisotopic (exact) mass is 796 g/mol. The van der Waals surface area contributed by atoms with Crippen LogP contribution in [0.2, 0.25) is 0 Å². The standard InChI is InChI=1S/C6F15O4P.C6H6F9O4P/c7-1(8,9)4(16,17)23-26(22,24-5(18,19)2(10,11)12)25-6(20,21)3(13,14)15;7-4(8,9)1-17-20(16,18-2-5(10,11)12)19-3-6(13,14)15/h;1-3H2. The lowest BCUT2D eigenvalue weighted by Gasteiger charge is -2.30. The van der Waals surface area contributed by atoms with E-state index in [1.165, 1.54) is 0 Å². The molecule has 0 amide bonds. The van der Waals surface area contributed by atoms with Crippen molar-refractivity contribution >= 4 is 15.6 Å². The molecule has 8 nitrogen and oxygen atoms in total. The Labute approximate surface area is 234 Å². The van der Waals surface area contributed by atoms with Crippen molar-refractivity contribution in [3.05, 3.63) is 0 Å². The molecule has 0 aromatic rings. The van der Waals surface area contributed by atoms with Gasteiger partial charge < -0.3 is 0 Å². The first-order chi connectivity index (χ1) is 19.5. The van der Waals surface area contributed by atoms with Gasteiger partial charge in [-0.1, -0.05) is 0 Å². The molecule has 0 atom stereocenters. The second-order valence-corrected chi connectivity index (χ2v) is 9.99. The zero-order chi connectivity index (χ0) is 37.9. The molecule has 0 bridgehead atoms. The average molecular weight is 796 g/mol. The molecule has 0 N–H and O–H groups in total. The zero-order valence-electron chi connectivity index (χ0n) is 19.9. The highest BCUT2D eigenvalue weighted by Gasteiger charge is 2.72. The summed E-state index contributed by atoms with van der Waals surface area (Å²) in [7, 11) is -14.0. The van der Waals surface area contributed by atoms with Crippen LogP contribution in [0.4, 0.5) is 105 Å². The molecular formula is C12H6F24O8P2. The molecule has 34 heteroatoms. The topological polar surface area (TPSA) is 89.5 Å². The van der Waals surface area contributed by atoms with Crippen molar-refractivity contribution in [1.82, 2.24) is 0 Å². The molecule has 0 spiro atoms. The van der Waals surface area contributed by atoms with E-state index in [4.69, 9.17) is 0 Å². The number of phosphoric ester groups is 2. The van der Waals surface area contributed by atoms with Gasteiger partial charge in [-0.15, -0.1) is 0 Å². The molecule has 0 saturated carbocycles. The van der Waals surface area contributed by atoms with Crippen molar-refractivity contribution < 1.29 is 142 Å². The minimum Gasteiger partial charge on any atom is -0.277 e. The molecule has 0 aliphatic carbocycles. The van der Waals surface area contributed by atoms with E-state index in [0.29, 0.717) is 0 Å². The van der Waals surface area contributed by atoms with Crippen LogP contribution in [0.3, 0.4) is 0 Å². The normalized spacial score (nSPS) is 15.5. The third-order valence-corrected chi connectivity index (χ3v) is 5.52. The summed E-state index contributed by atoms with van der Waals surface area (Å²) in [6, 6.07) is 0. The molecule has 46 heavy (non-hydrogen) atoms. The van der Waals surface area contributed by atoms with Crippen molar-refractivity contribution in [2.45, 2.75) is 55.4 Å². The summed E-state index contributed by atoms with van der Waals surface area (Å²) in [5.74, 6) is 0. The van der Waals surface area contributed by atoms with Gasteiger partial charge in [0.15, 0.2) is 19.8 Å². The molecule has 0 aliphatic rings. The van der Waals surface area contributed by atoms with E-state index >= 15 is 0 Å². The second-order valence-electron chi connectivity index (χ2n) is 6.88. The lowest BCUT2D eigenvalue weighted by molar-refractivity contribution is -0.404. The van der Waals surface area contributed by atoms with Crippen LogP contribution in [0.25, 0.3) is 0 Å². The van der Waals surface area contributed by atoms with Crippen LogP contribution in [0, 0.1) is 0 Å². The predicted octanol–water partition coefficient (Wildman–Crippen LogP) is 9.44. The molecule has 0 aliphatic heterocycles. The van der Waals surface area contributed by atoms with Gasteiger partial charge in [-0.3, -0.25) is 13.6 Å². The van der Waals surface area contributed by atoms with E-state index < -0.39 is 90.8 Å². The summed E-state index contributed by atoms with van der Waals surface area (Å²) >= 11 is 0. The first kappa shape index (κ1) is 46.7. The molecule has 0 aromatic heterocycles. The van der Waals surface area contributed by atoms with E-state index in [9.17, 15) is 115 Å². The van der Waals surface area contributed by atoms with Crippen LogP contribution in [0.1, 0.15) is 0 Å². The largest absolute Gasteiger partial charge is 0.489 e. The van der Waals surface area contributed by atoms with Gasteiger partial charge in [0.1, 0.15) is 0 Å². The summed E-state index contributed by atoms with van der Waals surface area (Å²) in [4.78, 5) is 0. The van der Waals surface area contributed by atoms with Gasteiger partial charge >= 0.3 is 71.0 Å². The van der Waals surface area contributed by atoms with E-state index in [-0.39, 0.29) is 0 Å². The molecule has 0 radical (unpaired) electrons. The SMILES string of the molecule is O=P(OC(F)(F)C(F)(F)F)(OC(F)(F)C(F)(F)F)OC(F)(F)C(F)(F)F.O=P(OCC(F)(F)F)(OCC(F)(F)F)OCC(F)(F)F. The fraction of sp³-hybridized carbons (Fsp3) is 1.00. The maximum absolute atomic E-state index is 12.4. The number of rotatable bonds is 12. The second kappa shape index (κ2) is 14.6. The van der Waals surface area contributed by atoms with Gasteiger partial charge in [-0.05, 0) is 0 Å². The van der Waals surface area contributed by atoms with E-state index in [0.717, 1.165) is 0 Å². The summed E-state index contributed by atoms with van der Waals surface area (Å²) in [5.41, 5.74) is 0. The highest BCUT2D eigenvalue weighted by Crippen LogP contribution is 2.64.